The number of nitrogens with one attached hydrogen (secondary N) is 1. The van der Waals surface area contributed by atoms with Crippen LogP contribution in [0.5, 0.6) is 0 Å². The van der Waals surface area contributed by atoms with Gasteiger partial charge in [-0.2, -0.15) is 0 Å². The number of carbonyl (C=O) groups excluding carboxylic acids is 2. The van der Waals surface area contributed by atoms with Crippen molar-refractivity contribution in [1.82, 2.24) is 9.80 Å². The van der Waals surface area contributed by atoms with Gasteiger partial charge in [0.05, 0.1) is 5.92 Å². The summed E-state index contributed by atoms with van der Waals surface area (Å²) in [6, 6.07) is -0.366. The van der Waals surface area contributed by atoms with Crippen molar-refractivity contribution in [3.63, 3.8) is 0 Å². The minimum atomic E-state index is -0.629. The van der Waals surface area contributed by atoms with Crippen molar-refractivity contribution in [1.29, 1.82) is 0 Å². The molecule has 0 aromatic rings. The van der Waals surface area contributed by atoms with Crippen molar-refractivity contribution in [2.24, 2.45) is 16.8 Å². The van der Waals surface area contributed by atoms with Gasteiger partial charge in [0.1, 0.15) is 0 Å². The quantitative estimate of drug-likeness (QED) is 0.603. The summed E-state index contributed by atoms with van der Waals surface area (Å²) in [7, 11) is 3.08. The van der Waals surface area contributed by atoms with Gasteiger partial charge in [0.15, 0.2) is 10.9 Å². The molecule has 1 saturated heterocycles. The van der Waals surface area contributed by atoms with Gasteiger partial charge in [0.2, 0.25) is 5.84 Å². The van der Waals surface area contributed by atoms with E-state index >= 15 is 0 Å². The number of amidine groups is 2. The Morgan fingerprint density at radius 1 is 1.28 bits per heavy atom. The monoisotopic (exact) mass is 265 g/mol. The average molecular weight is 265 g/mol. The molecule has 0 bridgehead atoms. The lowest BCUT2D eigenvalue weighted by Gasteiger charge is -2.33. The molecule has 0 aromatic heterocycles. The Kier molecular flexibility index (Phi) is 2.34. The van der Waals surface area contributed by atoms with Crippen molar-refractivity contribution >= 4 is 40.8 Å². The molecule has 3 rings (SSSR count). The number of hydrogen-bond donors (Lipinski definition) is 1. The van der Waals surface area contributed by atoms with Crippen LogP contribution in [0.4, 0.5) is 4.79 Å². The van der Waals surface area contributed by atoms with Crippen molar-refractivity contribution in [2.45, 2.75) is 12.8 Å². The fraction of sp³-hybridized carbons (Fsp3) is 0.545. The minimum Gasteiger partial charge on any atom is -0.273 e. The summed E-state index contributed by atoms with van der Waals surface area (Å²) in [6.07, 6.45) is 2.16. The van der Waals surface area contributed by atoms with Gasteiger partial charge in [-0.3, -0.25) is 14.6 Å². The minimum absolute atomic E-state index is 0.316. The summed E-state index contributed by atoms with van der Waals surface area (Å²) in [6.45, 7) is 0. The van der Waals surface area contributed by atoms with Gasteiger partial charge in [0, 0.05) is 14.1 Å². The lowest BCUT2D eigenvalue weighted by Crippen LogP contribution is -2.84. The first-order chi connectivity index (χ1) is 8.50. The van der Waals surface area contributed by atoms with Crippen LogP contribution in [-0.4, -0.2) is 52.5 Å². The average Bonchev–Trinajstić information content (AvgIpc) is 3.17. The first-order valence-electron chi connectivity index (χ1n) is 5.82. The fourth-order valence-corrected chi connectivity index (χ4v) is 2.49. The molecule has 3 aliphatic rings. The molecule has 3 amide bonds. The largest absolute Gasteiger partial charge is 0.333 e. The van der Waals surface area contributed by atoms with Crippen molar-refractivity contribution in [2.75, 3.05) is 14.1 Å². The zero-order valence-electron chi connectivity index (χ0n) is 10.1. The summed E-state index contributed by atoms with van der Waals surface area (Å²) < 4.78 is 0. The fourth-order valence-electron chi connectivity index (χ4n) is 2.18. The number of aliphatic imine (C=N–C) groups is 1. The van der Waals surface area contributed by atoms with Gasteiger partial charge < -0.3 is 0 Å². The van der Waals surface area contributed by atoms with E-state index < -0.39 is 5.92 Å². The molecule has 2 heterocycles. The molecule has 0 aromatic carbocycles. The van der Waals surface area contributed by atoms with E-state index in [0.717, 1.165) is 23.6 Å². The van der Waals surface area contributed by atoms with Crippen LogP contribution in [0.1, 0.15) is 12.8 Å². The smallest absolute Gasteiger partial charge is 0.273 e. The summed E-state index contributed by atoms with van der Waals surface area (Å²) in [5.74, 6) is 0.700. The van der Waals surface area contributed by atoms with E-state index in [1.165, 1.54) is 11.9 Å². The lowest BCUT2D eigenvalue weighted by atomic mass is 10.0. The Labute approximate surface area is 109 Å². The van der Waals surface area contributed by atoms with E-state index in [0.29, 0.717) is 16.7 Å². The summed E-state index contributed by atoms with van der Waals surface area (Å²) in [4.78, 5) is 34.3. The third-order valence-electron chi connectivity index (χ3n) is 3.47. The number of rotatable bonds is 1. The van der Waals surface area contributed by atoms with E-state index in [4.69, 9.17) is 12.2 Å². The van der Waals surface area contributed by atoms with Crippen LogP contribution in [0.2, 0.25) is 0 Å². The summed E-state index contributed by atoms with van der Waals surface area (Å²) in [5, 5.41) is 0. The van der Waals surface area contributed by atoms with Gasteiger partial charge in [-0.25, -0.2) is 9.79 Å². The van der Waals surface area contributed by atoms with E-state index in [2.05, 4.69) is 9.98 Å². The molecular formula is C11H13N4O2S+. The second kappa shape index (κ2) is 3.68. The van der Waals surface area contributed by atoms with Crippen molar-refractivity contribution in [3.8, 4) is 0 Å². The normalized spacial score (nSPS) is 28.1. The molecule has 94 valence electrons. The molecule has 1 saturated carbocycles. The van der Waals surface area contributed by atoms with Crippen LogP contribution < -0.4 is 4.99 Å². The molecule has 6 nitrogen and oxygen atoms in total. The van der Waals surface area contributed by atoms with E-state index in [-0.39, 0.29) is 11.9 Å². The zero-order valence-corrected chi connectivity index (χ0v) is 11.0. The summed E-state index contributed by atoms with van der Waals surface area (Å²) in [5.41, 5.74) is 0. The predicted molar refractivity (Wildman–Crippen MR) is 68.1 cm³/mol. The maximum Gasteiger partial charge on any atom is 0.333 e. The van der Waals surface area contributed by atoms with E-state index in [1.54, 1.807) is 7.05 Å². The zero-order chi connectivity index (χ0) is 13.0. The molecule has 1 aliphatic carbocycles. The Hall–Kier alpha value is -1.63. The van der Waals surface area contributed by atoms with Gasteiger partial charge in [0.25, 0.3) is 5.91 Å². The maximum absolute atomic E-state index is 12.1. The van der Waals surface area contributed by atoms with Crippen LogP contribution in [0, 0.1) is 11.8 Å². The first-order valence-corrected chi connectivity index (χ1v) is 6.23. The number of fused-ring (bicyclic) bond motifs is 1. The van der Waals surface area contributed by atoms with Gasteiger partial charge >= 0.3 is 11.9 Å². The molecule has 1 N–H and O–H groups in total. The third kappa shape index (κ3) is 1.50. The number of nitrogens with zero attached hydrogens (tertiary/aromatic N) is 3. The van der Waals surface area contributed by atoms with Gasteiger partial charge in [-0.1, -0.05) is 0 Å². The number of hydrogen-bond acceptors (Lipinski definition) is 4. The molecule has 1 unspecified atom stereocenters. The van der Waals surface area contributed by atoms with Gasteiger partial charge in [-0.15, -0.1) is 0 Å². The molecule has 0 radical (unpaired) electrons. The Morgan fingerprint density at radius 3 is 2.56 bits per heavy atom. The molecule has 7 heteroatoms. The number of carbonyl (C=O) groups is 2. The number of amides is 3. The SMILES string of the molecule is CN1C(=O)C2C(=S)[NH+]=C(C3CC3)N=C2N(C)C1=O. The predicted octanol–water partition coefficient (Wildman–Crippen LogP) is -1.24. The van der Waals surface area contributed by atoms with Crippen LogP contribution in [0.3, 0.4) is 0 Å². The maximum atomic E-state index is 12.1. The van der Waals surface area contributed by atoms with Crippen molar-refractivity contribution < 1.29 is 14.6 Å². The molecule has 18 heavy (non-hydrogen) atoms. The molecule has 2 aliphatic heterocycles. The highest BCUT2D eigenvalue weighted by atomic mass is 32.1. The standard InChI is InChI=1S/C11H12N4O2S/c1-14-8-6(10(16)15(2)11(14)17)9(18)13-7(12-8)5-3-4-5/h5-6H,3-4H2,1-2H3/p+1. The third-order valence-corrected chi connectivity index (χ3v) is 3.80. The highest BCUT2D eigenvalue weighted by Crippen LogP contribution is 2.31. The summed E-state index contributed by atoms with van der Waals surface area (Å²) >= 11 is 5.25. The second-order valence-corrected chi connectivity index (χ2v) is 5.23. The van der Waals surface area contributed by atoms with E-state index in [9.17, 15) is 9.59 Å². The highest BCUT2D eigenvalue weighted by Gasteiger charge is 2.51. The number of urea groups is 1. The Balaban J connectivity index is 2.04. The molecule has 2 fully saturated rings. The van der Waals surface area contributed by atoms with Crippen molar-refractivity contribution in [3.05, 3.63) is 0 Å². The number of thiocarbonyl (C=S) groups is 1. The Morgan fingerprint density at radius 2 is 1.94 bits per heavy atom. The van der Waals surface area contributed by atoms with Crippen LogP contribution in [0.25, 0.3) is 0 Å². The Bertz CT molecular complexity index is 535. The molecular weight excluding hydrogens is 252 g/mol. The van der Waals surface area contributed by atoms with Gasteiger partial charge in [-0.05, 0) is 30.1 Å². The molecule has 0 spiro atoms. The number of imide groups is 1. The van der Waals surface area contributed by atoms with Crippen LogP contribution in [-0.2, 0) is 4.79 Å². The highest BCUT2D eigenvalue weighted by molar-refractivity contribution is 7.80. The molecule has 1 atom stereocenters. The lowest BCUT2D eigenvalue weighted by molar-refractivity contribution is -0.320. The first kappa shape index (κ1) is 11.5. The second-order valence-electron chi connectivity index (χ2n) is 4.79. The van der Waals surface area contributed by atoms with Crippen LogP contribution >= 0.6 is 12.2 Å². The topological polar surface area (TPSA) is 67.0 Å². The van der Waals surface area contributed by atoms with E-state index in [1.807, 2.05) is 0 Å². The van der Waals surface area contributed by atoms with Crippen LogP contribution in [0.15, 0.2) is 4.99 Å².